The Kier molecular flexibility index (Phi) is 6.74. The molecule has 8 heteroatoms. The van der Waals surface area contributed by atoms with Crippen molar-refractivity contribution < 1.29 is 19.0 Å². The highest BCUT2D eigenvalue weighted by Crippen LogP contribution is 2.50. The van der Waals surface area contributed by atoms with Crippen molar-refractivity contribution in [1.82, 2.24) is 10.6 Å². The maximum atomic E-state index is 13.4. The summed E-state index contributed by atoms with van der Waals surface area (Å²) in [6, 6.07) is 7.20. The number of methoxy groups -OCH3 is 3. The Morgan fingerprint density at radius 2 is 1.79 bits per heavy atom. The van der Waals surface area contributed by atoms with Gasteiger partial charge in [0.25, 0.3) is 0 Å². The number of piperazine rings is 1. The van der Waals surface area contributed by atoms with Gasteiger partial charge >= 0.3 is 0 Å². The SMILES string of the molecule is COc1cc2c(c(OC)c1OC)-c1ccc(N3CCNCC3)c(=O)cc1C(NC(C)=O)CC2. The molecule has 1 amide bonds. The van der Waals surface area contributed by atoms with Crippen LogP contribution in [0.25, 0.3) is 11.1 Å². The maximum absolute atomic E-state index is 13.4. The molecule has 2 aliphatic rings. The minimum absolute atomic E-state index is 0.0589. The summed E-state index contributed by atoms with van der Waals surface area (Å²) in [5.74, 6) is 1.50. The number of fused-ring (bicyclic) bond motifs is 3. The molecule has 33 heavy (non-hydrogen) atoms. The summed E-state index contributed by atoms with van der Waals surface area (Å²) in [7, 11) is 4.77. The van der Waals surface area contributed by atoms with E-state index >= 15 is 0 Å². The highest BCUT2D eigenvalue weighted by molar-refractivity contribution is 5.83. The molecule has 1 aliphatic heterocycles. The molecular formula is C25H31N3O5. The summed E-state index contributed by atoms with van der Waals surface area (Å²) in [6.45, 7) is 4.70. The molecule has 1 saturated heterocycles. The van der Waals surface area contributed by atoms with Crippen LogP contribution in [-0.4, -0.2) is 53.4 Å². The van der Waals surface area contributed by atoms with Crippen molar-refractivity contribution in [3.05, 3.63) is 45.6 Å². The number of amides is 1. The molecule has 0 aromatic heterocycles. The average Bonchev–Trinajstić information content (AvgIpc) is 3.07. The number of nitrogens with zero attached hydrogens (tertiary/aromatic N) is 1. The molecule has 176 valence electrons. The zero-order chi connectivity index (χ0) is 23.5. The summed E-state index contributed by atoms with van der Waals surface area (Å²) in [5, 5.41) is 6.36. The molecule has 0 spiro atoms. The van der Waals surface area contributed by atoms with Crippen molar-refractivity contribution in [3.63, 3.8) is 0 Å². The fourth-order valence-electron chi connectivity index (χ4n) is 4.87. The highest BCUT2D eigenvalue weighted by atomic mass is 16.5. The fraction of sp³-hybridized carbons (Fsp3) is 0.440. The molecule has 0 bridgehead atoms. The van der Waals surface area contributed by atoms with E-state index in [2.05, 4.69) is 15.5 Å². The number of benzene rings is 1. The molecule has 4 rings (SSSR count). The minimum Gasteiger partial charge on any atom is -0.493 e. The first kappa shape index (κ1) is 22.9. The van der Waals surface area contributed by atoms with Crippen LogP contribution < -0.4 is 35.2 Å². The number of carbonyl (C=O) groups is 1. The van der Waals surface area contributed by atoms with Gasteiger partial charge in [-0.1, -0.05) is 6.07 Å². The Labute approximate surface area is 193 Å². The lowest BCUT2D eigenvalue weighted by Gasteiger charge is -2.28. The molecule has 1 unspecified atom stereocenters. The summed E-state index contributed by atoms with van der Waals surface area (Å²) in [5.41, 5.74) is 4.10. The number of aryl methyl sites for hydroxylation is 1. The van der Waals surface area contributed by atoms with Gasteiger partial charge < -0.3 is 29.7 Å². The number of anilines is 1. The Hall–Kier alpha value is -3.26. The number of carbonyl (C=O) groups excluding carboxylic acids is 1. The van der Waals surface area contributed by atoms with Crippen molar-refractivity contribution in [2.45, 2.75) is 25.8 Å². The second-order valence-electron chi connectivity index (χ2n) is 8.30. The van der Waals surface area contributed by atoms with Crippen LogP contribution in [-0.2, 0) is 11.2 Å². The van der Waals surface area contributed by atoms with Crippen molar-refractivity contribution in [2.24, 2.45) is 0 Å². The van der Waals surface area contributed by atoms with E-state index in [1.807, 2.05) is 18.2 Å². The second kappa shape index (κ2) is 9.70. The maximum Gasteiger partial charge on any atom is 0.217 e. The van der Waals surface area contributed by atoms with Crippen molar-refractivity contribution in [2.75, 3.05) is 52.4 Å². The van der Waals surface area contributed by atoms with E-state index < -0.39 is 0 Å². The van der Waals surface area contributed by atoms with Crippen LogP contribution in [0, 0.1) is 0 Å². The smallest absolute Gasteiger partial charge is 0.217 e. The molecule has 0 radical (unpaired) electrons. The number of nitrogens with one attached hydrogen (secondary N) is 2. The molecule has 1 fully saturated rings. The van der Waals surface area contributed by atoms with Gasteiger partial charge in [-0.05, 0) is 47.7 Å². The lowest BCUT2D eigenvalue weighted by Crippen LogP contribution is -2.44. The summed E-state index contributed by atoms with van der Waals surface area (Å²) < 4.78 is 17.0. The van der Waals surface area contributed by atoms with E-state index in [1.54, 1.807) is 27.4 Å². The van der Waals surface area contributed by atoms with Crippen LogP contribution in [0.4, 0.5) is 5.69 Å². The van der Waals surface area contributed by atoms with Crippen molar-refractivity contribution >= 4 is 11.6 Å². The van der Waals surface area contributed by atoms with Gasteiger partial charge in [0.1, 0.15) is 0 Å². The zero-order valence-corrected chi connectivity index (χ0v) is 19.6. The minimum atomic E-state index is -0.303. The highest BCUT2D eigenvalue weighted by Gasteiger charge is 2.29. The first-order chi connectivity index (χ1) is 16.0. The Balaban J connectivity index is 2.00. The first-order valence-electron chi connectivity index (χ1n) is 11.2. The van der Waals surface area contributed by atoms with Crippen LogP contribution in [0.1, 0.15) is 30.5 Å². The molecule has 1 atom stereocenters. The predicted octanol–water partition coefficient (Wildman–Crippen LogP) is 2.27. The largest absolute Gasteiger partial charge is 0.493 e. The molecule has 1 heterocycles. The second-order valence-corrected chi connectivity index (χ2v) is 8.30. The Morgan fingerprint density at radius 1 is 1.06 bits per heavy atom. The van der Waals surface area contributed by atoms with E-state index in [-0.39, 0.29) is 17.4 Å². The third kappa shape index (κ3) is 4.35. The van der Waals surface area contributed by atoms with Gasteiger partial charge in [-0.3, -0.25) is 9.59 Å². The van der Waals surface area contributed by atoms with Gasteiger partial charge in [0, 0.05) is 38.7 Å². The van der Waals surface area contributed by atoms with Crippen LogP contribution in [0.2, 0.25) is 0 Å². The fourth-order valence-corrected chi connectivity index (χ4v) is 4.87. The van der Waals surface area contributed by atoms with E-state index in [0.717, 1.165) is 48.4 Å². The van der Waals surface area contributed by atoms with Gasteiger partial charge in [0.05, 0.1) is 33.1 Å². The molecular weight excluding hydrogens is 422 g/mol. The van der Waals surface area contributed by atoms with Crippen LogP contribution in [0.5, 0.6) is 17.2 Å². The molecule has 2 N–H and O–H groups in total. The molecule has 2 aromatic carbocycles. The van der Waals surface area contributed by atoms with Crippen LogP contribution in [0.3, 0.4) is 0 Å². The topological polar surface area (TPSA) is 89.1 Å². The molecule has 2 aromatic rings. The zero-order valence-electron chi connectivity index (χ0n) is 19.6. The number of rotatable bonds is 5. The van der Waals surface area contributed by atoms with E-state index in [9.17, 15) is 9.59 Å². The summed E-state index contributed by atoms with van der Waals surface area (Å²) in [4.78, 5) is 27.5. The van der Waals surface area contributed by atoms with Crippen LogP contribution in [0.15, 0.2) is 29.1 Å². The number of ether oxygens (including phenoxy) is 3. The Bertz CT molecular complexity index is 1110. The lowest BCUT2D eigenvalue weighted by molar-refractivity contribution is -0.119. The van der Waals surface area contributed by atoms with E-state index in [1.165, 1.54) is 6.92 Å². The summed E-state index contributed by atoms with van der Waals surface area (Å²) in [6.07, 6.45) is 1.32. The van der Waals surface area contributed by atoms with Gasteiger partial charge in [-0.15, -0.1) is 0 Å². The first-order valence-corrected chi connectivity index (χ1v) is 11.2. The standard InChI is InChI=1S/C25H31N3O5/c1-15(29)27-19-7-5-16-13-22(31-2)24(32-3)25(33-4)23(16)17-6-8-20(21(30)14-18(17)19)28-11-9-26-10-12-28/h6,8,13-14,19,26H,5,7,9-12H2,1-4H3,(H,27,29). The van der Waals surface area contributed by atoms with Crippen molar-refractivity contribution in [3.8, 4) is 28.4 Å². The quantitative estimate of drug-likeness (QED) is 0.718. The summed E-state index contributed by atoms with van der Waals surface area (Å²) >= 11 is 0. The molecule has 0 saturated carbocycles. The third-order valence-electron chi connectivity index (χ3n) is 6.35. The predicted molar refractivity (Wildman–Crippen MR) is 128 cm³/mol. The van der Waals surface area contributed by atoms with Crippen molar-refractivity contribution in [1.29, 1.82) is 0 Å². The number of hydrogen-bond donors (Lipinski definition) is 2. The Morgan fingerprint density at radius 3 is 2.42 bits per heavy atom. The third-order valence-corrected chi connectivity index (χ3v) is 6.35. The van der Waals surface area contributed by atoms with Gasteiger partial charge in [-0.2, -0.15) is 0 Å². The normalized spacial score (nSPS) is 17.3. The van der Waals surface area contributed by atoms with E-state index in [4.69, 9.17) is 14.2 Å². The van der Waals surface area contributed by atoms with Gasteiger partial charge in [0.15, 0.2) is 11.5 Å². The average molecular weight is 454 g/mol. The van der Waals surface area contributed by atoms with Gasteiger partial charge in [-0.25, -0.2) is 0 Å². The van der Waals surface area contributed by atoms with Crippen LogP contribution >= 0.6 is 0 Å². The van der Waals surface area contributed by atoms with E-state index in [0.29, 0.717) is 35.8 Å². The van der Waals surface area contributed by atoms with Gasteiger partial charge in [0.2, 0.25) is 17.1 Å². The number of hydrogen-bond acceptors (Lipinski definition) is 7. The monoisotopic (exact) mass is 453 g/mol. The molecule has 1 aliphatic carbocycles. The molecule has 8 nitrogen and oxygen atoms in total. The lowest BCUT2D eigenvalue weighted by atomic mass is 9.95.